The van der Waals surface area contributed by atoms with Crippen LogP contribution in [0.4, 0.5) is 0 Å². The fourth-order valence-electron chi connectivity index (χ4n) is 3.05. The summed E-state index contributed by atoms with van der Waals surface area (Å²) in [5.74, 6) is -0.280. The third-order valence-electron chi connectivity index (χ3n) is 4.59. The molecule has 0 unspecified atom stereocenters. The van der Waals surface area contributed by atoms with Gasteiger partial charge in [-0.05, 0) is 50.1 Å². The van der Waals surface area contributed by atoms with Gasteiger partial charge in [0.15, 0.2) is 0 Å². The summed E-state index contributed by atoms with van der Waals surface area (Å²) in [5, 5.41) is 3.60. The van der Waals surface area contributed by atoms with Crippen LogP contribution in [0.5, 0.6) is 0 Å². The maximum atomic E-state index is 13.2. The predicted molar refractivity (Wildman–Crippen MR) is 112 cm³/mol. The maximum absolute atomic E-state index is 13.2. The summed E-state index contributed by atoms with van der Waals surface area (Å²) in [4.78, 5) is 38.6. The van der Waals surface area contributed by atoms with Crippen LogP contribution in [-0.2, 0) is 11.3 Å². The lowest BCUT2D eigenvalue weighted by atomic mass is 10.1. The number of hydrogen-bond acceptors (Lipinski definition) is 3. The molecule has 1 heterocycles. The lowest BCUT2D eigenvalue weighted by Gasteiger charge is -2.15. The number of benzene rings is 2. The van der Waals surface area contributed by atoms with E-state index in [0.29, 0.717) is 28.2 Å². The molecule has 0 saturated heterocycles. The molecule has 0 aliphatic carbocycles. The average Bonchev–Trinajstić information content (AvgIpc) is 2.66. The normalized spacial score (nSPS) is 11.0. The first-order chi connectivity index (χ1) is 13.3. The van der Waals surface area contributed by atoms with E-state index < -0.39 is 11.2 Å². The van der Waals surface area contributed by atoms with E-state index in [1.807, 2.05) is 26.8 Å². The lowest BCUT2D eigenvalue weighted by Crippen LogP contribution is -2.42. The van der Waals surface area contributed by atoms with E-state index in [2.05, 4.69) is 5.32 Å². The van der Waals surface area contributed by atoms with Gasteiger partial charge in [0.05, 0.1) is 16.6 Å². The maximum Gasteiger partial charge on any atom is 0.336 e. The van der Waals surface area contributed by atoms with Crippen molar-refractivity contribution >= 4 is 28.4 Å². The molecule has 0 aliphatic rings. The van der Waals surface area contributed by atoms with E-state index in [1.54, 1.807) is 30.3 Å². The number of aryl methyl sites for hydroxylation is 2. The minimum Gasteiger partial charge on any atom is -0.355 e. The highest BCUT2D eigenvalue weighted by Crippen LogP contribution is 2.19. The van der Waals surface area contributed by atoms with Crippen LogP contribution in [0.25, 0.3) is 16.6 Å². The molecule has 0 radical (unpaired) electrons. The van der Waals surface area contributed by atoms with Crippen LogP contribution in [-0.4, -0.2) is 21.6 Å². The lowest BCUT2D eigenvalue weighted by molar-refractivity contribution is -0.121. The first-order valence-electron chi connectivity index (χ1n) is 9.13. The quantitative estimate of drug-likeness (QED) is 0.716. The fourth-order valence-corrected chi connectivity index (χ4v) is 3.23. The number of hydrogen-bond donors (Lipinski definition) is 1. The van der Waals surface area contributed by atoms with E-state index in [1.165, 1.54) is 4.57 Å². The first kappa shape index (κ1) is 19.9. The van der Waals surface area contributed by atoms with E-state index in [4.69, 9.17) is 11.6 Å². The Morgan fingerprint density at radius 2 is 1.86 bits per heavy atom. The number of halogens is 1. The highest BCUT2D eigenvalue weighted by Gasteiger charge is 2.17. The highest BCUT2D eigenvalue weighted by molar-refractivity contribution is 6.31. The van der Waals surface area contributed by atoms with Gasteiger partial charge in [0, 0.05) is 11.6 Å². The molecule has 1 aromatic heterocycles. The van der Waals surface area contributed by atoms with Crippen LogP contribution in [0.3, 0.4) is 0 Å². The van der Waals surface area contributed by atoms with Gasteiger partial charge in [0.2, 0.25) is 5.91 Å². The molecule has 3 aromatic rings. The van der Waals surface area contributed by atoms with Crippen molar-refractivity contribution in [1.29, 1.82) is 0 Å². The van der Waals surface area contributed by atoms with Crippen LogP contribution >= 0.6 is 11.6 Å². The second kappa shape index (κ2) is 8.02. The van der Waals surface area contributed by atoms with Crippen molar-refractivity contribution in [3.8, 4) is 5.69 Å². The number of amides is 1. The Hall–Kier alpha value is -2.86. The number of nitrogens with one attached hydrogen (secondary N) is 1. The van der Waals surface area contributed by atoms with E-state index in [0.717, 1.165) is 22.1 Å². The van der Waals surface area contributed by atoms with Crippen LogP contribution < -0.4 is 16.6 Å². The van der Waals surface area contributed by atoms with Gasteiger partial charge in [0.25, 0.3) is 5.56 Å². The van der Waals surface area contributed by atoms with E-state index >= 15 is 0 Å². The third kappa shape index (κ3) is 3.73. The molecule has 1 amide bonds. The Kier molecular flexibility index (Phi) is 5.70. The molecular formula is C21H22ClN3O3. The average molecular weight is 400 g/mol. The first-order valence-corrected chi connectivity index (χ1v) is 9.50. The fraction of sp³-hybridized carbons (Fsp3) is 0.286. The molecule has 0 atom stereocenters. The molecule has 2 aromatic carbocycles. The Morgan fingerprint density at radius 3 is 2.54 bits per heavy atom. The van der Waals surface area contributed by atoms with Crippen molar-refractivity contribution < 1.29 is 4.79 Å². The SMILES string of the molecule is CCCNC(=O)Cn1c(=O)n(-c2ccc(C)c(Cl)c2)c(=O)c2cc(C)ccc21. The van der Waals surface area contributed by atoms with E-state index in [-0.39, 0.29) is 12.5 Å². The molecule has 0 aliphatic heterocycles. The molecule has 6 nitrogen and oxygen atoms in total. The molecule has 3 rings (SSSR count). The smallest absolute Gasteiger partial charge is 0.336 e. The number of nitrogens with zero attached hydrogens (tertiary/aromatic N) is 2. The summed E-state index contributed by atoms with van der Waals surface area (Å²) in [7, 11) is 0. The van der Waals surface area contributed by atoms with Crippen LogP contribution in [0.15, 0.2) is 46.0 Å². The second-order valence-corrected chi connectivity index (χ2v) is 7.22. The topological polar surface area (TPSA) is 73.1 Å². The molecule has 7 heteroatoms. The molecule has 28 heavy (non-hydrogen) atoms. The van der Waals surface area contributed by atoms with Gasteiger partial charge in [-0.15, -0.1) is 0 Å². The minimum absolute atomic E-state index is 0.168. The zero-order chi connectivity index (χ0) is 20.4. The molecule has 0 spiro atoms. The number of fused-ring (bicyclic) bond motifs is 1. The van der Waals surface area contributed by atoms with Gasteiger partial charge in [-0.1, -0.05) is 36.2 Å². The Labute approximate surface area is 167 Å². The van der Waals surface area contributed by atoms with Crippen LogP contribution in [0.2, 0.25) is 5.02 Å². The highest BCUT2D eigenvalue weighted by atomic mass is 35.5. The molecular weight excluding hydrogens is 378 g/mol. The summed E-state index contributed by atoms with van der Waals surface area (Å²) < 4.78 is 2.40. The van der Waals surface area contributed by atoms with Crippen molar-refractivity contribution in [2.24, 2.45) is 0 Å². The summed E-state index contributed by atoms with van der Waals surface area (Å²) in [6.07, 6.45) is 0.794. The van der Waals surface area contributed by atoms with Crippen molar-refractivity contribution in [1.82, 2.24) is 14.5 Å². The molecule has 1 N–H and O–H groups in total. The molecule has 146 valence electrons. The molecule has 0 fully saturated rings. The Balaban J connectivity index is 2.29. The Morgan fingerprint density at radius 1 is 1.11 bits per heavy atom. The number of carbonyl (C=O) groups is 1. The summed E-state index contributed by atoms with van der Waals surface area (Å²) in [5.41, 5.74) is 1.52. The van der Waals surface area contributed by atoms with Gasteiger partial charge < -0.3 is 5.32 Å². The van der Waals surface area contributed by atoms with Gasteiger partial charge in [-0.3, -0.25) is 14.2 Å². The monoisotopic (exact) mass is 399 g/mol. The summed E-state index contributed by atoms with van der Waals surface area (Å²) in [6, 6.07) is 10.3. The second-order valence-electron chi connectivity index (χ2n) is 6.81. The molecule has 0 saturated carbocycles. The van der Waals surface area contributed by atoms with Gasteiger partial charge in [-0.25, -0.2) is 9.36 Å². The zero-order valence-corrected chi connectivity index (χ0v) is 16.8. The minimum atomic E-state index is -0.576. The summed E-state index contributed by atoms with van der Waals surface area (Å²) in [6.45, 7) is 6.02. The van der Waals surface area contributed by atoms with Crippen molar-refractivity contribution in [3.63, 3.8) is 0 Å². The standard InChI is InChI=1S/C21H22ClN3O3/c1-4-9-23-19(26)12-24-18-8-5-13(2)10-16(18)20(27)25(21(24)28)15-7-6-14(3)17(22)11-15/h5-8,10-11H,4,9,12H2,1-3H3,(H,23,26). The van der Waals surface area contributed by atoms with Gasteiger partial charge >= 0.3 is 5.69 Å². The number of carbonyl (C=O) groups excluding carboxylic acids is 1. The summed E-state index contributed by atoms with van der Waals surface area (Å²) >= 11 is 6.20. The number of aromatic nitrogens is 2. The predicted octanol–water partition coefficient (Wildman–Crippen LogP) is 2.95. The van der Waals surface area contributed by atoms with Crippen molar-refractivity contribution in [2.75, 3.05) is 6.54 Å². The van der Waals surface area contributed by atoms with Crippen LogP contribution in [0.1, 0.15) is 24.5 Å². The van der Waals surface area contributed by atoms with E-state index in [9.17, 15) is 14.4 Å². The Bertz CT molecular complexity index is 1180. The van der Waals surface area contributed by atoms with Crippen molar-refractivity contribution in [2.45, 2.75) is 33.7 Å². The largest absolute Gasteiger partial charge is 0.355 e. The third-order valence-corrected chi connectivity index (χ3v) is 4.99. The van der Waals surface area contributed by atoms with Gasteiger partial charge in [0.1, 0.15) is 6.54 Å². The van der Waals surface area contributed by atoms with Crippen molar-refractivity contribution in [3.05, 3.63) is 73.4 Å². The van der Waals surface area contributed by atoms with Crippen LogP contribution in [0, 0.1) is 13.8 Å². The van der Waals surface area contributed by atoms with Gasteiger partial charge in [-0.2, -0.15) is 0 Å². The number of rotatable bonds is 5. The molecule has 0 bridgehead atoms. The zero-order valence-electron chi connectivity index (χ0n) is 16.1.